The molecule has 94 valence electrons. The zero-order chi connectivity index (χ0) is 12.7. The molecule has 0 aliphatic rings. The molecule has 0 fully saturated rings. The second kappa shape index (κ2) is 6.75. The van der Waals surface area contributed by atoms with Crippen molar-refractivity contribution in [3.8, 4) is 5.75 Å². The number of carbonyl (C=O) groups excluding carboxylic acids is 1. The van der Waals surface area contributed by atoms with Gasteiger partial charge in [0, 0.05) is 18.4 Å². The number of amides is 1. The van der Waals surface area contributed by atoms with E-state index in [9.17, 15) is 4.79 Å². The molecule has 0 heterocycles. The molecule has 1 amide bonds. The second-order valence-electron chi connectivity index (χ2n) is 3.45. The molecule has 1 aromatic carbocycles. The number of anilines is 2. The van der Waals surface area contributed by atoms with E-state index in [1.807, 2.05) is 6.92 Å². The van der Waals surface area contributed by atoms with Crippen LogP contribution < -0.4 is 15.8 Å². The quantitative estimate of drug-likeness (QED) is 0.583. The normalized spacial score (nSPS) is 10.0. The Morgan fingerprint density at radius 3 is 2.88 bits per heavy atom. The lowest BCUT2D eigenvalue weighted by molar-refractivity contribution is -0.117. The van der Waals surface area contributed by atoms with Crippen LogP contribution in [0.25, 0.3) is 0 Å². The summed E-state index contributed by atoms with van der Waals surface area (Å²) in [5.74, 6) is 0.441. The standard InChI is InChI=1S/C12H18N2O3/c1-3-17-7-6-12(15)14-10-5-4-9(13)8-11(10)16-2/h4-5,8H,3,6-7,13H2,1-2H3,(H,14,15). The number of methoxy groups -OCH3 is 1. The lowest BCUT2D eigenvalue weighted by atomic mass is 10.2. The van der Waals surface area contributed by atoms with Gasteiger partial charge in [0.15, 0.2) is 0 Å². The third-order valence-electron chi connectivity index (χ3n) is 2.18. The van der Waals surface area contributed by atoms with Crippen LogP contribution in [0.1, 0.15) is 13.3 Å². The number of rotatable bonds is 6. The summed E-state index contributed by atoms with van der Waals surface area (Å²) in [4.78, 5) is 11.6. The maximum Gasteiger partial charge on any atom is 0.226 e. The molecular formula is C12H18N2O3. The smallest absolute Gasteiger partial charge is 0.226 e. The molecule has 0 aliphatic carbocycles. The van der Waals surface area contributed by atoms with Gasteiger partial charge < -0.3 is 20.5 Å². The predicted molar refractivity (Wildman–Crippen MR) is 67.1 cm³/mol. The largest absolute Gasteiger partial charge is 0.494 e. The average Bonchev–Trinajstić information content (AvgIpc) is 2.32. The summed E-state index contributed by atoms with van der Waals surface area (Å²) in [7, 11) is 1.53. The minimum atomic E-state index is -0.110. The summed E-state index contributed by atoms with van der Waals surface area (Å²) in [6.45, 7) is 2.92. The first-order valence-corrected chi connectivity index (χ1v) is 5.48. The molecule has 5 nitrogen and oxygen atoms in total. The average molecular weight is 238 g/mol. The first kappa shape index (κ1) is 13.3. The van der Waals surface area contributed by atoms with E-state index in [-0.39, 0.29) is 5.91 Å². The highest BCUT2D eigenvalue weighted by atomic mass is 16.5. The molecule has 0 unspecified atom stereocenters. The lowest BCUT2D eigenvalue weighted by Crippen LogP contribution is -2.14. The van der Waals surface area contributed by atoms with Crippen molar-refractivity contribution in [1.82, 2.24) is 0 Å². The number of nitrogens with two attached hydrogens (primary N) is 1. The molecule has 0 radical (unpaired) electrons. The Bertz CT molecular complexity index is 380. The van der Waals surface area contributed by atoms with E-state index in [0.717, 1.165) is 0 Å². The van der Waals surface area contributed by atoms with Crippen LogP contribution in [0.15, 0.2) is 18.2 Å². The summed E-state index contributed by atoms with van der Waals surface area (Å²) >= 11 is 0. The van der Waals surface area contributed by atoms with Gasteiger partial charge in [-0.05, 0) is 19.1 Å². The number of nitrogen functional groups attached to an aromatic ring is 1. The highest BCUT2D eigenvalue weighted by Gasteiger charge is 2.07. The van der Waals surface area contributed by atoms with E-state index in [1.54, 1.807) is 18.2 Å². The van der Waals surface area contributed by atoms with Gasteiger partial charge in [0.25, 0.3) is 0 Å². The van der Waals surface area contributed by atoms with E-state index in [1.165, 1.54) is 7.11 Å². The Kier molecular flexibility index (Phi) is 5.29. The minimum Gasteiger partial charge on any atom is -0.494 e. The molecule has 5 heteroatoms. The van der Waals surface area contributed by atoms with Crippen LogP contribution >= 0.6 is 0 Å². The molecule has 0 spiro atoms. The van der Waals surface area contributed by atoms with Gasteiger partial charge in [-0.1, -0.05) is 0 Å². The zero-order valence-electron chi connectivity index (χ0n) is 10.2. The highest BCUT2D eigenvalue weighted by molar-refractivity contribution is 5.92. The number of hydrogen-bond donors (Lipinski definition) is 2. The maximum absolute atomic E-state index is 11.6. The summed E-state index contributed by atoms with van der Waals surface area (Å²) in [5, 5.41) is 2.75. The molecule has 1 aromatic rings. The molecule has 3 N–H and O–H groups in total. The van der Waals surface area contributed by atoms with Gasteiger partial charge in [0.1, 0.15) is 5.75 Å². The van der Waals surface area contributed by atoms with E-state index in [0.29, 0.717) is 36.8 Å². The van der Waals surface area contributed by atoms with Crippen LogP contribution in [0.4, 0.5) is 11.4 Å². The van der Waals surface area contributed by atoms with Crippen molar-refractivity contribution in [1.29, 1.82) is 0 Å². The van der Waals surface area contributed by atoms with Gasteiger partial charge in [0.2, 0.25) is 5.91 Å². The Hall–Kier alpha value is -1.75. The van der Waals surface area contributed by atoms with E-state index < -0.39 is 0 Å². The molecule has 17 heavy (non-hydrogen) atoms. The Labute approximate surface area is 101 Å². The van der Waals surface area contributed by atoms with Crippen LogP contribution in [0.3, 0.4) is 0 Å². The number of hydrogen-bond acceptors (Lipinski definition) is 4. The van der Waals surface area contributed by atoms with E-state index >= 15 is 0 Å². The summed E-state index contributed by atoms with van der Waals surface area (Å²) in [5.41, 5.74) is 6.83. The number of ether oxygens (including phenoxy) is 2. The molecule has 0 saturated heterocycles. The zero-order valence-corrected chi connectivity index (χ0v) is 10.2. The van der Waals surface area contributed by atoms with Gasteiger partial charge in [-0.2, -0.15) is 0 Å². The predicted octanol–water partition coefficient (Wildman–Crippen LogP) is 1.64. The van der Waals surface area contributed by atoms with Crippen LogP contribution in [0, 0.1) is 0 Å². The molecule has 0 atom stereocenters. The first-order chi connectivity index (χ1) is 8.17. The molecule has 0 bridgehead atoms. The highest BCUT2D eigenvalue weighted by Crippen LogP contribution is 2.26. The van der Waals surface area contributed by atoms with Crippen molar-refractivity contribution >= 4 is 17.3 Å². The summed E-state index contributed by atoms with van der Waals surface area (Å²) in [6.07, 6.45) is 0.321. The third kappa shape index (κ3) is 4.32. The number of benzene rings is 1. The van der Waals surface area contributed by atoms with Crippen molar-refractivity contribution < 1.29 is 14.3 Å². The van der Waals surface area contributed by atoms with Crippen molar-refractivity contribution in [2.45, 2.75) is 13.3 Å². The summed E-state index contributed by atoms with van der Waals surface area (Å²) in [6, 6.07) is 5.09. The molecule has 1 rings (SSSR count). The molecule has 0 saturated carbocycles. The Balaban J connectivity index is 2.58. The van der Waals surface area contributed by atoms with Crippen LogP contribution in [0.5, 0.6) is 5.75 Å². The van der Waals surface area contributed by atoms with Gasteiger partial charge in [-0.3, -0.25) is 4.79 Å². The van der Waals surface area contributed by atoms with Gasteiger partial charge in [-0.15, -0.1) is 0 Å². The van der Waals surface area contributed by atoms with Crippen molar-refractivity contribution in [2.75, 3.05) is 31.4 Å². The lowest BCUT2D eigenvalue weighted by Gasteiger charge is -2.10. The number of nitrogens with one attached hydrogen (secondary N) is 1. The fraction of sp³-hybridized carbons (Fsp3) is 0.417. The van der Waals surface area contributed by atoms with Crippen molar-refractivity contribution in [2.24, 2.45) is 0 Å². The molecule has 0 aliphatic heterocycles. The Morgan fingerprint density at radius 1 is 1.47 bits per heavy atom. The topological polar surface area (TPSA) is 73.6 Å². The fourth-order valence-electron chi connectivity index (χ4n) is 1.33. The molecule has 0 aromatic heterocycles. The van der Waals surface area contributed by atoms with Crippen molar-refractivity contribution in [3.63, 3.8) is 0 Å². The Morgan fingerprint density at radius 2 is 2.24 bits per heavy atom. The SMILES string of the molecule is CCOCCC(=O)Nc1ccc(N)cc1OC. The van der Waals surface area contributed by atoms with Crippen molar-refractivity contribution in [3.05, 3.63) is 18.2 Å². The van der Waals surface area contributed by atoms with Crippen LogP contribution in [-0.2, 0) is 9.53 Å². The number of carbonyl (C=O) groups is 1. The third-order valence-corrected chi connectivity index (χ3v) is 2.18. The fourth-order valence-corrected chi connectivity index (χ4v) is 1.33. The van der Waals surface area contributed by atoms with Crippen LogP contribution in [-0.4, -0.2) is 26.2 Å². The monoisotopic (exact) mass is 238 g/mol. The minimum absolute atomic E-state index is 0.110. The van der Waals surface area contributed by atoms with Crippen LogP contribution in [0.2, 0.25) is 0 Å². The van der Waals surface area contributed by atoms with Gasteiger partial charge in [0.05, 0.1) is 25.8 Å². The molecular weight excluding hydrogens is 220 g/mol. The van der Waals surface area contributed by atoms with E-state index in [2.05, 4.69) is 5.32 Å². The van der Waals surface area contributed by atoms with E-state index in [4.69, 9.17) is 15.2 Å². The maximum atomic E-state index is 11.6. The summed E-state index contributed by atoms with van der Waals surface area (Å²) < 4.78 is 10.2. The van der Waals surface area contributed by atoms with Gasteiger partial charge >= 0.3 is 0 Å². The second-order valence-corrected chi connectivity index (χ2v) is 3.45. The first-order valence-electron chi connectivity index (χ1n) is 5.48. The van der Waals surface area contributed by atoms with Gasteiger partial charge in [-0.25, -0.2) is 0 Å².